The Bertz CT molecular complexity index is 673. The number of rotatable bonds is 3. The van der Waals surface area contributed by atoms with Crippen LogP contribution in [0.25, 0.3) is 0 Å². The Morgan fingerprint density at radius 3 is 2.05 bits per heavy atom. The third kappa shape index (κ3) is 2.66. The summed E-state index contributed by atoms with van der Waals surface area (Å²) in [7, 11) is -2.53. The molecule has 0 aromatic heterocycles. The van der Waals surface area contributed by atoms with Crippen LogP contribution in [-0.4, -0.2) is 20.6 Å². The zero-order chi connectivity index (χ0) is 13.9. The number of methoxy groups -OCH3 is 1. The highest BCUT2D eigenvalue weighted by Gasteiger charge is 2.25. The Morgan fingerprint density at radius 1 is 0.947 bits per heavy atom. The summed E-state index contributed by atoms with van der Waals surface area (Å²) in [6, 6.07) is 13.6. The molecule has 5 heteroatoms. The van der Waals surface area contributed by atoms with E-state index in [2.05, 4.69) is 0 Å². The van der Waals surface area contributed by atoms with Crippen LogP contribution in [0.1, 0.15) is 10.4 Å². The van der Waals surface area contributed by atoms with E-state index in [1.54, 1.807) is 18.2 Å². The van der Waals surface area contributed by atoms with Crippen molar-refractivity contribution < 1.29 is 17.9 Å². The van der Waals surface area contributed by atoms with Gasteiger partial charge in [-0.1, -0.05) is 30.3 Å². The molecule has 0 saturated carbocycles. The van der Waals surface area contributed by atoms with Crippen molar-refractivity contribution in [2.24, 2.45) is 0 Å². The van der Waals surface area contributed by atoms with E-state index in [0.29, 0.717) is 5.75 Å². The summed E-state index contributed by atoms with van der Waals surface area (Å²) in [5, 5.41) is -0.904. The highest BCUT2D eigenvalue weighted by Crippen LogP contribution is 2.19. The summed E-state index contributed by atoms with van der Waals surface area (Å²) in [6.07, 6.45) is 0. The van der Waals surface area contributed by atoms with Gasteiger partial charge in [-0.3, -0.25) is 4.79 Å². The average Bonchev–Trinajstić information content (AvgIpc) is 2.47. The van der Waals surface area contributed by atoms with E-state index in [9.17, 15) is 13.2 Å². The van der Waals surface area contributed by atoms with Crippen molar-refractivity contribution >= 4 is 15.0 Å². The number of benzene rings is 2. The second kappa shape index (κ2) is 5.24. The first kappa shape index (κ1) is 13.3. The van der Waals surface area contributed by atoms with Crippen molar-refractivity contribution in [1.29, 1.82) is 0 Å². The van der Waals surface area contributed by atoms with Gasteiger partial charge in [-0.15, -0.1) is 0 Å². The minimum Gasteiger partial charge on any atom is -0.497 e. The predicted molar refractivity (Wildman–Crippen MR) is 71.0 cm³/mol. The van der Waals surface area contributed by atoms with E-state index in [-0.39, 0.29) is 10.5 Å². The zero-order valence-electron chi connectivity index (χ0n) is 10.2. The van der Waals surface area contributed by atoms with Crippen molar-refractivity contribution in [3.63, 3.8) is 0 Å². The lowest BCUT2D eigenvalue weighted by atomic mass is 10.2. The number of ether oxygens (including phenoxy) is 1. The Labute approximate surface area is 111 Å². The van der Waals surface area contributed by atoms with Crippen LogP contribution in [-0.2, 0) is 9.84 Å². The first-order valence-electron chi connectivity index (χ1n) is 5.54. The van der Waals surface area contributed by atoms with Crippen LogP contribution < -0.4 is 4.74 Å². The molecule has 0 saturated heterocycles. The lowest BCUT2D eigenvalue weighted by molar-refractivity contribution is 0.107. The van der Waals surface area contributed by atoms with Crippen molar-refractivity contribution in [2.45, 2.75) is 4.90 Å². The summed E-state index contributed by atoms with van der Waals surface area (Å²) in [5.41, 5.74) is 0.151. The second-order valence-electron chi connectivity index (χ2n) is 3.83. The van der Waals surface area contributed by atoms with Crippen LogP contribution in [0.3, 0.4) is 0 Å². The van der Waals surface area contributed by atoms with Gasteiger partial charge >= 0.3 is 0 Å². The maximum absolute atomic E-state index is 12.1. The summed E-state index contributed by atoms with van der Waals surface area (Å²) in [4.78, 5) is 12.0. The minimum absolute atomic E-state index is 0.0397. The molecule has 19 heavy (non-hydrogen) atoms. The Morgan fingerprint density at radius 2 is 1.53 bits per heavy atom. The third-order valence-corrected chi connectivity index (χ3v) is 4.24. The van der Waals surface area contributed by atoms with Gasteiger partial charge in [0.15, 0.2) is 0 Å². The molecular weight excluding hydrogens is 264 g/mol. The van der Waals surface area contributed by atoms with Crippen molar-refractivity contribution in [3.05, 3.63) is 60.2 Å². The molecule has 98 valence electrons. The van der Waals surface area contributed by atoms with E-state index in [0.717, 1.165) is 0 Å². The summed E-state index contributed by atoms with van der Waals surface area (Å²) < 4.78 is 29.2. The number of carbonyl (C=O) groups excluding carboxylic acids is 1. The van der Waals surface area contributed by atoms with Gasteiger partial charge in [-0.25, -0.2) is 8.42 Å². The van der Waals surface area contributed by atoms with Gasteiger partial charge in [0.1, 0.15) is 5.75 Å². The topological polar surface area (TPSA) is 60.4 Å². The highest BCUT2D eigenvalue weighted by atomic mass is 32.2. The van der Waals surface area contributed by atoms with Gasteiger partial charge < -0.3 is 4.74 Å². The molecule has 2 aromatic carbocycles. The number of carbonyl (C=O) groups is 1. The summed E-state index contributed by atoms with van der Waals surface area (Å²) >= 11 is 0. The molecule has 0 radical (unpaired) electrons. The fraction of sp³-hybridized carbons (Fsp3) is 0.0714. The van der Waals surface area contributed by atoms with Crippen molar-refractivity contribution in [1.82, 2.24) is 0 Å². The van der Waals surface area contributed by atoms with E-state index in [1.165, 1.54) is 43.5 Å². The molecule has 0 fully saturated rings. The van der Waals surface area contributed by atoms with E-state index in [1.807, 2.05) is 0 Å². The Kier molecular flexibility index (Phi) is 3.66. The van der Waals surface area contributed by atoms with Crippen molar-refractivity contribution in [2.75, 3.05) is 7.11 Å². The largest absolute Gasteiger partial charge is 0.497 e. The molecule has 0 spiro atoms. The van der Waals surface area contributed by atoms with Gasteiger partial charge in [0.2, 0.25) is 9.84 Å². The normalized spacial score (nSPS) is 11.0. The molecule has 0 N–H and O–H groups in total. The Balaban J connectivity index is 2.39. The van der Waals surface area contributed by atoms with E-state index < -0.39 is 15.0 Å². The number of sulfone groups is 1. The van der Waals surface area contributed by atoms with Gasteiger partial charge in [0.05, 0.1) is 12.0 Å². The van der Waals surface area contributed by atoms with E-state index in [4.69, 9.17) is 4.74 Å². The molecule has 0 aliphatic carbocycles. The molecule has 2 rings (SSSR count). The van der Waals surface area contributed by atoms with Crippen LogP contribution in [0.5, 0.6) is 5.75 Å². The molecule has 0 aliphatic rings. The Hall–Kier alpha value is -2.14. The first-order chi connectivity index (χ1) is 9.05. The maximum atomic E-state index is 12.1. The first-order valence-corrected chi connectivity index (χ1v) is 7.02. The predicted octanol–water partition coefficient (Wildman–Crippen LogP) is 2.31. The van der Waals surface area contributed by atoms with Gasteiger partial charge in [-0.05, 0) is 24.3 Å². The number of hydrogen-bond donors (Lipinski definition) is 0. The van der Waals surface area contributed by atoms with Crippen LogP contribution in [0, 0.1) is 0 Å². The van der Waals surface area contributed by atoms with Crippen LogP contribution >= 0.6 is 0 Å². The zero-order valence-corrected chi connectivity index (χ0v) is 11.1. The maximum Gasteiger partial charge on any atom is 0.281 e. The van der Waals surface area contributed by atoms with Crippen LogP contribution in [0.15, 0.2) is 59.5 Å². The monoisotopic (exact) mass is 276 g/mol. The molecule has 0 heterocycles. The third-order valence-electron chi connectivity index (χ3n) is 2.62. The SMILES string of the molecule is COc1ccc(S(=O)(=O)C(=O)c2ccccc2)cc1. The molecule has 2 aromatic rings. The lowest BCUT2D eigenvalue weighted by Gasteiger charge is -2.04. The molecule has 0 unspecified atom stereocenters. The second-order valence-corrected chi connectivity index (χ2v) is 5.68. The summed E-state index contributed by atoms with van der Waals surface area (Å²) in [6.45, 7) is 0. The smallest absolute Gasteiger partial charge is 0.281 e. The van der Waals surface area contributed by atoms with Crippen LogP contribution in [0.2, 0.25) is 0 Å². The average molecular weight is 276 g/mol. The fourth-order valence-corrected chi connectivity index (χ4v) is 2.75. The van der Waals surface area contributed by atoms with Gasteiger partial charge in [0, 0.05) is 5.56 Å². The van der Waals surface area contributed by atoms with Crippen LogP contribution in [0.4, 0.5) is 0 Å². The van der Waals surface area contributed by atoms with Gasteiger partial charge in [-0.2, -0.15) is 0 Å². The fourth-order valence-electron chi connectivity index (χ4n) is 1.59. The molecular formula is C14H12O4S. The molecule has 0 amide bonds. The molecule has 0 bridgehead atoms. The molecule has 4 nitrogen and oxygen atoms in total. The number of hydrogen-bond acceptors (Lipinski definition) is 4. The standard InChI is InChI=1S/C14H12O4S/c1-18-12-7-9-13(10-8-12)19(16,17)14(15)11-5-3-2-4-6-11/h2-10H,1H3. The van der Waals surface area contributed by atoms with Crippen molar-refractivity contribution in [3.8, 4) is 5.75 Å². The lowest BCUT2D eigenvalue weighted by Crippen LogP contribution is -2.15. The van der Waals surface area contributed by atoms with E-state index >= 15 is 0 Å². The molecule has 0 atom stereocenters. The summed E-state index contributed by atoms with van der Waals surface area (Å²) in [5.74, 6) is 0.533. The molecule has 0 aliphatic heterocycles. The minimum atomic E-state index is -4.01. The highest BCUT2D eigenvalue weighted by molar-refractivity contribution is 8.06. The van der Waals surface area contributed by atoms with Gasteiger partial charge in [0.25, 0.3) is 5.12 Å². The quantitative estimate of drug-likeness (QED) is 0.863.